The van der Waals surface area contributed by atoms with Gasteiger partial charge in [0.25, 0.3) is 0 Å². The van der Waals surface area contributed by atoms with Crippen molar-refractivity contribution >= 4 is 11.9 Å². The van der Waals surface area contributed by atoms with Gasteiger partial charge in [0.05, 0.1) is 42.9 Å². The minimum Gasteiger partial charge on any atom is -0.481 e. The Morgan fingerprint density at radius 3 is 2.04 bits per heavy atom. The summed E-state index contributed by atoms with van der Waals surface area (Å²) < 4.78 is 17.2. The van der Waals surface area contributed by atoms with Gasteiger partial charge in [-0.1, -0.05) is 0 Å². The maximum Gasteiger partial charge on any atom is 0.307 e. The summed E-state index contributed by atoms with van der Waals surface area (Å²) >= 11 is 0. The van der Waals surface area contributed by atoms with Crippen molar-refractivity contribution in [3.8, 4) is 0 Å². The number of carboxylic acid groups (broad SMARTS) is 2. The molecule has 2 fully saturated rings. The molecule has 7 nitrogen and oxygen atoms in total. The Balaban J connectivity index is 1.72. The summed E-state index contributed by atoms with van der Waals surface area (Å²) in [6.07, 6.45) is 5.35. The smallest absolute Gasteiger partial charge is 0.307 e. The molecule has 0 aliphatic heterocycles. The van der Waals surface area contributed by atoms with E-state index in [4.69, 9.17) is 19.3 Å². The van der Waals surface area contributed by atoms with Gasteiger partial charge in [-0.2, -0.15) is 0 Å². The molecule has 0 aromatic rings. The van der Waals surface area contributed by atoms with E-state index in [1.54, 1.807) is 7.11 Å². The quantitative estimate of drug-likeness (QED) is 0.686. The minimum atomic E-state index is -1.06. The van der Waals surface area contributed by atoms with Crippen LogP contribution < -0.4 is 0 Å². The van der Waals surface area contributed by atoms with Gasteiger partial charge < -0.3 is 24.4 Å². The lowest BCUT2D eigenvalue weighted by Crippen LogP contribution is -2.40. The zero-order valence-corrected chi connectivity index (χ0v) is 15.1. The van der Waals surface area contributed by atoms with E-state index in [0.717, 1.165) is 25.7 Å². The highest BCUT2D eigenvalue weighted by atomic mass is 16.5. The highest BCUT2D eigenvalue weighted by Crippen LogP contribution is 2.33. The van der Waals surface area contributed by atoms with Crippen LogP contribution in [0.5, 0.6) is 0 Å². The molecule has 0 amide bonds. The van der Waals surface area contributed by atoms with Gasteiger partial charge in [0, 0.05) is 7.11 Å². The Morgan fingerprint density at radius 2 is 1.48 bits per heavy atom. The van der Waals surface area contributed by atoms with Crippen LogP contribution in [-0.2, 0) is 23.8 Å². The number of carboxylic acids is 2. The molecule has 4 unspecified atom stereocenters. The maximum absolute atomic E-state index is 11.3. The molecule has 2 N–H and O–H groups in total. The molecule has 2 rings (SSSR count). The number of hydrogen-bond acceptors (Lipinski definition) is 5. The molecule has 0 bridgehead atoms. The van der Waals surface area contributed by atoms with E-state index in [9.17, 15) is 14.7 Å². The fourth-order valence-corrected chi connectivity index (χ4v) is 3.90. The third kappa shape index (κ3) is 5.94. The lowest BCUT2D eigenvalue weighted by molar-refractivity contribution is -0.161. The molecule has 0 heterocycles. The van der Waals surface area contributed by atoms with Crippen LogP contribution in [0.15, 0.2) is 0 Å². The van der Waals surface area contributed by atoms with Crippen LogP contribution >= 0.6 is 0 Å². The van der Waals surface area contributed by atoms with Crippen molar-refractivity contribution in [3.63, 3.8) is 0 Å². The van der Waals surface area contributed by atoms with Gasteiger partial charge in [-0.15, -0.1) is 0 Å². The fraction of sp³-hybridized carbons (Fsp3) is 0.889. The van der Waals surface area contributed by atoms with Crippen LogP contribution in [0.4, 0.5) is 0 Å². The van der Waals surface area contributed by atoms with Crippen LogP contribution in [0.1, 0.15) is 51.9 Å². The Morgan fingerprint density at radius 1 is 0.920 bits per heavy atom. The zero-order valence-electron chi connectivity index (χ0n) is 15.1. The summed E-state index contributed by atoms with van der Waals surface area (Å²) in [6, 6.07) is 0. The second-order valence-electron chi connectivity index (χ2n) is 7.24. The number of carbonyl (C=O) groups is 2. The number of methoxy groups -OCH3 is 1. The van der Waals surface area contributed by atoms with Gasteiger partial charge in [-0.3, -0.25) is 9.59 Å². The molecular weight excluding hydrogens is 328 g/mol. The number of ether oxygens (including phenoxy) is 3. The van der Waals surface area contributed by atoms with Crippen molar-refractivity contribution in [3.05, 3.63) is 0 Å². The topological polar surface area (TPSA) is 102 Å². The third-order valence-corrected chi connectivity index (χ3v) is 5.38. The molecule has 2 aliphatic rings. The summed E-state index contributed by atoms with van der Waals surface area (Å²) in [5, 5.41) is 18.4. The lowest BCUT2D eigenvalue weighted by Gasteiger charge is -2.33. The molecule has 2 aliphatic carbocycles. The summed E-state index contributed by atoms with van der Waals surface area (Å²) in [5.74, 6) is -3.79. The molecular formula is C18H30O7. The molecule has 0 radical (unpaired) electrons. The largest absolute Gasteiger partial charge is 0.481 e. The summed E-state index contributed by atoms with van der Waals surface area (Å²) in [7, 11) is 1.74. The van der Waals surface area contributed by atoms with Gasteiger partial charge in [-0.25, -0.2) is 0 Å². The van der Waals surface area contributed by atoms with Crippen molar-refractivity contribution in [1.82, 2.24) is 0 Å². The maximum atomic E-state index is 11.3. The number of rotatable bonds is 8. The van der Waals surface area contributed by atoms with Crippen LogP contribution in [-0.4, -0.2) is 60.3 Å². The van der Waals surface area contributed by atoms with Gasteiger partial charge in [0.2, 0.25) is 0 Å². The molecule has 0 saturated heterocycles. The van der Waals surface area contributed by atoms with Crippen molar-refractivity contribution in [2.24, 2.45) is 11.8 Å². The second-order valence-corrected chi connectivity index (χ2v) is 7.24. The Kier molecular flexibility index (Phi) is 7.65. The highest BCUT2D eigenvalue weighted by molar-refractivity contribution is 5.80. The standard InChI is InChI=1S/C18H30O7/c1-11(10-24-13-5-3-12(23-2)4-6-13)25-14-7-8-15(17(19)20)16(9-14)18(21)22/h11-16H,3-10H2,1-2H3,(H,19,20)(H,21,22). The van der Waals surface area contributed by atoms with E-state index in [-0.39, 0.29) is 24.7 Å². The summed E-state index contributed by atoms with van der Waals surface area (Å²) in [4.78, 5) is 22.5. The van der Waals surface area contributed by atoms with E-state index >= 15 is 0 Å². The van der Waals surface area contributed by atoms with Crippen LogP contribution in [0.25, 0.3) is 0 Å². The predicted molar refractivity (Wildman–Crippen MR) is 89.4 cm³/mol. The van der Waals surface area contributed by atoms with Gasteiger partial charge in [-0.05, 0) is 51.9 Å². The number of hydrogen-bond donors (Lipinski definition) is 2. The van der Waals surface area contributed by atoms with E-state index < -0.39 is 23.8 Å². The molecule has 0 aromatic heterocycles. The Bertz CT molecular complexity index is 445. The molecule has 144 valence electrons. The van der Waals surface area contributed by atoms with E-state index in [0.29, 0.717) is 25.6 Å². The van der Waals surface area contributed by atoms with Gasteiger partial charge >= 0.3 is 11.9 Å². The van der Waals surface area contributed by atoms with E-state index in [2.05, 4.69) is 0 Å². The normalized spacial score (nSPS) is 34.4. The third-order valence-electron chi connectivity index (χ3n) is 5.38. The monoisotopic (exact) mass is 358 g/mol. The first-order valence-electron chi connectivity index (χ1n) is 9.16. The molecule has 0 aromatic carbocycles. The molecule has 2 saturated carbocycles. The Labute approximate surface area is 148 Å². The van der Waals surface area contributed by atoms with Crippen molar-refractivity contribution < 1.29 is 34.0 Å². The second kappa shape index (κ2) is 9.50. The SMILES string of the molecule is COC1CCC(OCC(C)OC2CCC(C(=O)O)C(C(=O)O)C2)CC1. The number of aliphatic carboxylic acids is 2. The highest BCUT2D eigenvalue weighted by Gasteiger charge is 2.40. The minimum absolute atomic E-state index is 0.138. The van der Waals surface area contributed by atoms with Crippen LogP contribution in [0, 0.1) is 11.8 Å². The Hall–Kier alpha value is -1.18. The lowest BCUT2D eigenvalue weighted by atomic mass is 9.78. The first-order chi connectivity index (χ1) is 11.9. The zero-order chi connectivity index (χ0) is 18.4. The molecule has 4 atom stereocenters. The predicted octanol–water partition coefficient (Wildman–Crippen LogP) is 2.32. The van der Waals surface area contributed by atoms with E-state index in [1.807, 2.05) is 6.92 Å². The first-order valence-corrected chi connectivity index (χ1v) is 9.16. The molecule has 25 heavy (non-hydrogen) atoms. The van der Waals surface area contributed by atoms with Crippen LogP contribution in [0.2, 0.25) is 0 Å². The fourth-order valence-electron chi connectivity index (χ4n) is 3.90. The van der Waals surface area contributed by atoms with Crippen molar-refractivity contribution in [2.45, 2.75) is 76.3 Å². The van der Waals surface area contributed by atoms with Crippen molar-refractivity contribution in [2.75, 3.05) is 13.7 Å². The molecule has 7 heteroatoms. The summed E-state index contributed by atoms with van der Waals surface area (Å²) in [6.45, 7) is 2.39. The summed E-state index contributed by atoms with van der Waals surface area (Å²) in [5.41, 5.74) is 0. The van der Waals surface area contributed by atoms with Gasteiger partial charge in [0.15, 0.2) is 0 Å². The first kappa shape index (κ1) is 20.1. The van der Waals surface area contributed by atoms with Crippen LogP contribution in [0.3, 0.4) is 0 Å². The van der Waals surface area contributed by atoms with Crippen molar-refractivity contribution in [1.29, 1.82) is 0 Å². The van der Waals surface area contributed by atoms with E-state index in [1.165, 1.54) is 0 Å². The van der Waals surface area contributed by atoms with Gasteiger partial charge in [0.1, 0.15) is 0 Å². The molecule has 0 spiro atoms. The average molecular weight is 358 g/mol. The average Bonchev–Trinajstić information content (AvgIpc) is 2.60.